The number of carbonyl (C=O) groups is 1. The molecule has 1 heterocycles. The van der Waals surface area contributed by atoms with Crippen molar-refractivity contribution in [3.63, 3.8) is 0 Å². The number of nitrogens with zero attached hydrogens (tertiary/aromatic N) is 2. The zero-order valence-electron chi connectivity index (χ0n) is 17.4. The predicted octanol–water partition coefficient (Wildman–Crippen LogP) is 7.10. The van der Waals surface area contributed by atoms with E-state index in [4.69, 9.17) is 11.6 Å². The van der Waals surface area contributed by atoms with E-state index >= 15 is 0 Å². The number of rotatable bonds is 5. The summed E-state index contributed by atoms with van der Waals surface area (Å²) in [6, 6.07) is 18.3. The molecule has 0 atom stereocenters. The molecule has 0 aliphatic rings. The van der Waals surface area contributed by atoms with Crippen molar-refractivity contribution in [1.82, 2.24) is 4.98 Å². The highest BCUT2D eigenvalue weighted by atomic mass is 35.5. The fourth-order valence-corrected chi connectivity index (χ4v) is 4.38. The Labute approximate surface area is 201 Å². The molecule has 0 saturated heterocycles. The first-order valence-electron chi connectivity index (χ1n) is 9.96. The molecular formula is C25H15ClF3N3OS. The average Bonchev–Trinajstić information content (AvgIpc) is 3.24. The molecule has 0 radical (unpaired) electrons. The number of amides is 1. The van der Waals surface area contributed by atoms with Crippen LogP contribution in [-0.4, -0.2) is 10.9 Å². The van der Waals surface area contributed by atoms with Gasteiger partial charge in [0.1, 0.15) is 11.6 Å². The normalized spacial score (nSPS) is 11.9. The van der Waals surface area contributed by atoms with Crippen molar-refractivity contribution in [3.8, 4) is 6.07 Å². The second-order valence-corrected chi connectivity index (χ2v) is 8.83. The molecule has 4 aromatic rings. The first-order chi connectivity index (χ1) is 16.2. The standard InChI is InChI=1S/C25H15ClF3N3OS/c26-22-9-8-19(25(27,28)29)11-17(22)12-20-14-31-24(34-20)32-23(33)18(13-30)10-16-6-3-5-15-4-1-2-7-21(15)16/h1-11,14H,12H2,(H,31,32,33)/b18-10+. The lowest BCUT2D eigenvalue weighted by atomic mass is 10.0. The first-order valence-corrected chi connectivity index (χ1v) is 11.2. The van der Waals surface area contributed by atoms with Crippen LogP contribution in [0.2, 0.25) is 5.02 Å². The number of carbonyl (C=O) groups excluding carboxylic acids is 1. The van der Waals surface area contributed by atoms with Crippen molar-refractivity contribution in [3.05, 3.63) is 99.0 Å². The highest BCUT2D eigenvalue weighted by Gasteiger charge is 2.31. The van der Waals surface area contributed by atoms with E-state index in [2.05, 4.69) is 10.3 Å². The highest BCUT2D eigenvalue weighted by Crippen LogP contribution is 2.33. The summed E-state index contributed by atoms with van der Waals surface area (Å²) >= 11 is 7.17. The van der Waals surface area contributed by atoms with Crippen molar-refractivity contribution in [2.45, 2.75) is 12.6 Å². The Hall–Kier alpha value is -3.67. The number of nitriles is 1. The van der Waals surface area contributed by atoms with Crippen LogP contribution in [0.1, 0.15) is 21.6 Å². The summed E-state index contributed by atoms with van der Waals surface area (Å²) in [4.78, 5) is 17.4. The average molecular weight is 498 g/mol. The molecule has 0 unspecified atom stereocenters. The molecule has 0 spiro atoms. The molecule has 34 heavy (non-hydrogen) atoms. The maximum Gasteiger partial charge on any atom is 0.416 e. The van der Waals surface area contributed by atoms with E-state index < -0.39 is 17.6 Å². The van der Waals surface area contributed by atoms with E-state index in [1.54, 1.807) is 0 Å². The Bertz CT molecular complexity index is 1450. The minimum absolute atomic E-state index is 0.103. The molecule has 170 valence electrons. The van der Waals surface area contributed by atoms with Gasteiger partial charge in [-0.3, -0.25) is 10.1 Å². The smallest absolute Gasteiger partial charge is 0.297 e. The third kappa shape index (κ3) is 5.28. The van der Waals surface area contributed by atoms with Gasteiger partial charge in [0.2, 0.25) is 0 Å². The summed E-state index contributed by atoms with van der Waals surface area (Å²) < 4.78 is 39.0. The largest absolute Gasteiger partial charge is 0.416 e. The second-order valence-electron chi connectivity index (χ2n) is 7.30. The van der Waals surface area contributed by atoms with Gasteiger partial charge < -0.3 is 0 Å². The van der Waals surface area contributed by atoms with Crippen molar-refractivity contribution in [1.29, 1.82) is 5.26 Å². The summed E-state index contributed by atoms with van der Waals surface area (Å²) in [7, 11) is 0. The Morgan fingerprint density at radius 1 is 1.15 bits per heavy atom. The number of halogens is 4. The van der Waals surface area contributed by atoms with Crippen LogP contribution in [0.3, 0.4) is 0 Å². The molecule has 1 N–H and O–H groups in total. The van der Waals surface area contributed by atoms with Crippen LogP contribution < -0.4 is 5.32 Å². The maximum atomic E-state index is 13.0. The summed E-state index contributed by atoms with van der Waals surface area (Å²) in [6.07, 6.45) is -1.39. The molecule has 9 heteroatoms. The molecule has 0 bridgehead atoms. The quantitative estimate of drug-likeness (QED) is 0.236. The van der Waals surface area contributed by atoms with Gasteiger partial charge in [0.05, 0.1) is 5.56 Å². The Morgan fingerprint density at radius 3 is 2.68 bits per heavy atom. The molecular weight excluding hydrogens is 483 g/mol. The lowest BCUT2D eigenvalue weighted by molar-refractivity contribution is -0.137. The predicted molar refractivity (Wildman–Crippen MR) is 128 cm³/mol. The maximum absolute atomic E-state index is 13.0. The number of hydrogen-bond donors (Lipinski definition) is 1. The number of thiazole rings is 1. The van der Waals surface area contributed by atoms with Gasteiger partial charge in [0.15, 0.2) is 5.13 Å². The van der Waals surface area contributed by atoms with Crippen LogP contribution in [0, 0.1) is 11.3 Å². The molecule has 3 aromatic carbocycles. The van der Waals surface area contributed by atoms with Crippen LogP contribution in [-0.2, 0) is 17.4 Å². The molecule has 1 aromatic heterocycles. The van der Waals surface area contributed by atoms with Crippen LogP contribution in [0.5, 0.6) is 0 Å². The van der Waals surface area contributed by atoms with Gasteiger partial charge in [-0.25, -0.2) is 4.98 Å². The monoisotopic (exact) mass is 497 g/mol. The van der Waals surface area contributed by atoms with Crippen LogP contribution in [0.25, 0.3) is 16.8 Å². The van der Waals surface area contributed by atoms with Crippen LogP contribution in [0.4, 0.5) is 18.3 Å². The zero-order chi connectivity index (χ0) is 24.3. The van der Waals surface area contributed by atoms with E-state index in [-0.39, 0.29) is 22.1 Å². The third-order valence-electron chi connectivity index (χ3n) is 5.00. The van der Waals surface area contributed by atoms with Gasteiger partial charge in [-0.2, -0.15) is 18.4 Å². The van der Waals surface area contributed by atoms with Gasteiger partial charge >= 0.3 is 6.18 Å². The summed E-state index contributed by atoms with van der Waals surface area (Å²) in [6.45, 7) is 0. The lowest BCUT2D eigenvalue weighted by Gasteiger charge is -2.09. The molecule has 1 amide bonds. The van der Waals surface area contributed by atoms with E-state index in [1.807, 2.05) is 48.5 Å². The Morgan fingerprint density at radius 2 is 1.91 bits per heavy atom. The van der Waals surface area contributed by atoms with Crippen molar-refractivity contribution < 1.29 is 18.0 Å². The number of alkyl halides is 3. The van der Waals surface area contributed by atoms with E-state index in [0.29, 0.717) is 10.4 Å². The van der Waals surface area contributed by atoms with E-state index in [0.717, 1.165) is 39.8 Å². The minimum Gasteiger partial charge on any atom is -0.297 e. The second kappa shape index (κ2) is 9.67. The van der Waals surface area contributed by atoms with Crippen molar-refractivity contribution >= 4 is 50.8 Å². The number of fused-ring (bicyclic) bond motifs is 1. The molecule has 4 rings (SSSR count). The van der Waals surface area contributed by atoms with E-state index in [9.17, 15) is 23.2 Å². The number of hydrogen-bond acceptors (Lipinski definition) is 4. The topological polar surface area (TPSA) is 65.8 Å². The van der Waals surface area contributed by atoms with Crippen LogP contribution in [0.15, 0.2) is 72.4 Å². The summed E-state index contributed by atoms with van der Waals surface area (Å²) in [5.74, 6) is -0.631. The van der Waals surface area contributed by atoms with Crippen molar-refractivity contribution in [2.24, 2.45) is 0 Å². The fourth-order valence-electron chi connectivity index (χ4n) is 3.37. The summed E-state index contributed by atoms with van der Waals surface area (Å²) in [5.41, 5.74) is 0.131. The Kier molecular flexibility index (Phi) is 6.68. The van der Waals surface area contributed by atoms with Gasteiger partial charge in [-0.1, -0.05) is 54.1 Å². The molecule has 0 aliphatic carbocycles. The zero-order valence-corrected chi connectivity index (χ0v) is 18.9. The summed E-state index contributed by atoms with van der Waals surface area (Å²) in [5, 5.41) is 14.4. The molecule has 0 fully saturated rings. The van der Waals surface area contributed by atoms with Crippen molar-refractivity contribution in [2.75, 3.05) is 5.32 Å². The number of benzene rings is 3. The van der Waals surface area contributed by atoms with Gasteiger partial charge in [-0.05, 0) is 46.2 Å². The van der Waals surface area contributed by atoms with Crippen LogP contribution >= 0.6 is 22.9 Å². The minimum atomic E-state index is -4.48. The lowest BCUT2D eigenvalue weighted by Crippen LogP contribution is -2.13. The Balaban J connectivity index is 1.52. The number of nitrogens with one attached hydrogen (secondary N) is 1. The van der Waals surface area contributed by atoms with Gasteiger partial charge in [0.25, 0.3) is 5.91 Å². The van der Waals surface area contributed by atoms with Gasteiger partial charge in [-0.15, -0.1) is 11.3 Å². The fraction of sp³-hybridized carbons (Fsp3) is 0.0800. The number of aromatic nitrogens is 1. The molecule has 0 aliphatic heterocycles. The number of anilines is 1. The highest BCUT2D eigenvalue weighted by molar-refractivity contribution is 7.15. The SMILES string of the molecule is N#C/C(=C\c1cccc2ccccc12)C(=O)Nc1ncc(Cc2cc(C(F)(F)F)ccc2Cl)s1. The molecule has 4 nitrogen and oxygen atoms in total. The third-order valence-corrected chi connectivity index (χ3v) is 6.28. The first kappa shape index (κ1) is 23.5. The molecule has 0 saturated carbocycles. The van der Waals surface area contributed by atoms with E-state index in [1.165, 1.54) is 18.3 Å². The van der Waals surface area contributed by atoms with Gasteiger partial charge in [0, 0.05) is 22.5 Å².